The van der Waals surface area contributed by atoms with Gasteiger partial charge in [0.05, 0.1) is 15.6 Å². The molecule has 0 bridgehead atoms. The van der Waals surface area contributed by atoms with Crippen molar-refractivity contribution in [1.29, 1.82) is 0 Å². The molecular formula is C20H16BrN3O5. The number of carbonyl (C=O) groups excluding carboxylic acids is 1. The first-order chi connectivity index (χ1) is 13.9. The van der Waals surface area contributed by atoms with E-state index in [0.717, 1.165) is 10.0 Å². The number of hydrogen-bond acceptors (Lipinski definition) is 6. The Kier molecular flexibility index (Phi) is 6.40. The van der Waals surface area contributed by atoms with Crippen LogP contribution in [0.4, 0.5) is 5.69 Å². The van der Waals surface area contributed by atoms with Crippen LogP contribution < -0.4 is 10.2 Å². The smallest absolute Gasteiger partial charge is 0.277 e. The van der Waals surface area contributed by atoms with Crippen molar-refractivity contribution in [2.45, 2.75) is 6.92 Å². The largest absolute Gasteiger partial charge is 0.483 e. The van der Waals surface area contributed by atoms with Crippen molar-refractivity contribution < 1.29 is 18.9 Å². The molecule has 8 nitrogen and oxygen atoms in total. The van der Waals surface area contributed by atoms with Crippen LogP contribution in [0.25, 0.3) is 11.3 Å². The average molecular weight is 458 g/mol. The summed E-state index contributed by atoms with van der Waals surface area (Å²) in [6.07, 6.45) is 1.36. The van der Waals surface area contributed by atoms with E-state index in [2.05, 4.69) is 26.5 Å². The molecule has 3 aromatic rings. The van der Waals surface area contributed by atoms with E-state index in [1.54, 1.807) is 30.3 Å². The first-order valence-corrected chi connectivity index (χ1v) is 9.27. The van der Waals surface area contributed by atoms with E-state index in [1.165, 1.54) is 18.3 Å². The SMILES string of the molecule is Cc1ccc(OCC(=O)N/N=C/c2ccc(-c3ccc([N+](=O)[O-])cc3)o2)c(Br)c1. The monoisotopic (exact) mass is 457 g/mol. The number of nitrogens with zero attached hydrogens (tertiary/aromatic N) is 2. The highest BCUT2D eigenvalue weighted by atomic mass is 79.9. The van der Waals surface area contributed by atoms with Crippen LogP contribution >= 0.6 is 15.9 Å². The van der Waals surface area contributed by atoms with Crippen LogP contribution in [0.3, 0.4) is 0 Å². The highest BCUT2D eigenvalue weighted by Gasteiger charge is 2.08. The molecule has 0 saturated heterocycles. The third-order valence-corrected chi connectivity index (χ3v) is 4.44. The Morgan fingerprint density at radius 1 is 1.24 bits per heavy atom. The molecule has 3 rings (SSSR count). The molecule has 2 aromatic carbocycles. The van der Waals surface area contributed by atoms with Gasteiger partial charge in [-0.25, -0.2) is 5.43 Å². The number of amides is 1. The maximum absolute atomic E-state index is 11.8. The lowest BCUT2D eigenvalue weighted by Gasteiger charge is -2.07. The summed E-state index contributed by atoms with van der Waals surface area (Å²) >= 11 is 3.38. The van der Waals surface area contributed by atoms with Crippen LogP contribution in [0.15, 0.2) is 68.6 Å². The molecule has 1 heterocycles. The standard InChI is InChI=1S/C20H16BrN3O5/c1-13-2-8-19(17(21)10-13)28-12-20(25)23-22-11-16-7-9-18(29-16)14-3-5-15(6-4-14)24(26)27/h2-11H,12H2,1H3,(H,23,25)/b22-11+. The normalized spacial score (nSPS) is 10.8. The molecule has 1 aromatic heterocycles. The number of nitro benzene ring substituents is 1. The van der Waals surface area contributed by atoms with Crippen molar-refractivity contribution in [3.05, 3.63) is 80.5 Å². The van der Waals surface area contributed by atoms with Crippen LogP contribution in [-0.2, 0) is 4.79 Å². The van der Waals surface area contributed by atoms with Crippen molar-refractivity contribution in [3.8, 4) is 17.1 Å². The summed E-state index contributed by atoms with van der Waals surface area (Å²) in [6, 6.07) is 14.9. The Morgan fingerprint density at radius 2 is 2.00 bits per heavy atom. The fourth-order valence-corrected chi connectivity index (χ4v) is 3.00. The highest BCUT2D eigenvalue weighted by Crippen LogP contribution is 2.26. The maximum atomic E-state index is 11.8. The van der Waals surface area contributed by atoms with Crippen molar-refractivity contribution in [1.82, 2.24) is 5.43 Å². The Morgan fingerprint density at radius 3 is 2.69 bits per heavy atom. The van der Waals surface area contributed by atoms with Gasteiger partial charge in [0.2, 0.25) is 0 Å². The van der Waals surface area contributed by atoms with E-state index >= 15 is 0 Å². The molecule has 0 aliphatic heterocycles. The number of halogens is 1. The van der Waals surface area contributed by atoms with Crippen molar-refractivity contribution in [3.63, 3.8) is 0 Å². The summed E-state index contributed by atoms with van der Waals surface area (Å²) in [5.41, 5.74) is 4.13. The molecule has 0 saturated carbocycles. The molecule has 29 heavy (non-hydrogen) atoms. The molecule has 1 amide bonds. The van der Waals surface area contributed by atoms with Crippen LogP contribution in [0.5, 0.6) is 5.75 Å². The number of nitrogens with one attached hydrogen (secondary N) is 1. The number of carbonyl (C=O) groups is 1. The molecule has 0 aliphatic rings. The second-order valence-corrected chi connectivity index (χ2v) is 6.88. The third-order valence-electron chi connectivity index (χ3n) is 3.82. The number of furan rings is 1. The van der Waals surface area contributed by atoms with Gasteiger partial charge in [0.1, 0.15) is 17.3 Å². The van der Waals surface area contributed by atoms with Crippen LogP contribution in [0, 0.1) is 17.0 Å². The Bertz CT molecular complexity index is 1060. The predicted molar refractivity (Wildman–Crippen MR) is 111 cm³/mol. The van der Waals surface area contributed by atoms with Gasteiger partial charge >= 0.3 is 0 Å². The lowest BCUT2D eigenvalue weighted by Crippen LogP contribution is -2.24. The van der Waals surface area contributed by atoms with Crippen molar-refractivity contribution in [2.75, 3.05) is 6.61 Å². The Hall–Kier alpha value is -3.46. The van der Waals surface area contributed by atoms with Gasteiger partial charge in [-0.15, -0.1) is 0 Å². The second kappa shape index (κ2) is 9.16. The van der Waals surface area contributed by atoms with Gasteiger partial charge < -0.3 is 9.15 Å². The summed E-state index contributed by atoms with van der Waals surface area (Å²) in [4.78, 5) is 22.1. The van der Waals surface area contributed by atoms with E-state index in [4.69, 9.17) is 9.15 Å². The predicted octanol–water partition coefficient (Wildman–Crippen LogP) is 4.45. The highest BCUT2D eigenvalue weighted by molar-refractivity contribution is 9.10. The van der Waals surface area contributed by atoms with E-state index in [9.17, 15) is 14.9 Å². The van der Waals surface area contributed by atoms with Crippen molar-refractivity contribution >= 4 is 33.7 Å². The first kappa shape index (κ1) is 20.3. The Balaban J connectivity index is 1.52. The summed E-state index contributed by atoms with van der Waals surface area (Å²) in [5, 5.41) is 14.5. The molecule has 0 aliphatic carbocycles. The first-order valence-electron chi connectivity index (χ1n) is 8.48. The summed E-state index contributed by atoms with van der Waals surface area (Å²) in [6.45, 7) is 1.77. The number of rotatable bonds is 7. The zero-order chi connectivity index (χ0) is 20.8. The fraction of sp³-hybridized carbons (Fsp3) is 0.100. The molecule has 0 atom stereocenters. The van der Waals surface area contributed by atoms with Gasteiger partial charge in [-0.05, 0) is 64.8 Å². The minimum Gasteiger partial charge on any atom is -0.483 e. The summed E-state index contributed by atoms with van der Waals surface area (Å²) in [5.74, 6) is 1.09. The van der Waals surface area contributed by atoms with Gasteiger partial charge in [-0.1, -0.05) is 6.07 Å². The maximum Gasteiger partial charge on any atom is 0.277 e. The summed E-state index contributed by atoms with van der Waals surface area (Å²) in [7, 11) is 0. The van der Waals surface area contributed by atoms with E-state index < -0.39 is 10.8 Å². The lowest BCUT2D eigenvalue weighted by molar-refractivity contribution is -0.384. The van der Waals surface area contributed by atoms with Crippen LogP contribution in [0.1, 0.15) is 11.3 Å². The summed E-state index contributed by atoms with van der Waals surface area (Å²) < 4.78 is 11.8. The minimum atomic E-state index is -0.464. The fourth-order valence-electron chi connectivity index (χ4n) is 2.39. The lowest BCUT2D eigenvalue weighted by atomic mass is 10.1. The van der Waals surface area contributed by atoms with Gasteiger partial charge in [-0.2, -0.15) is 5.10 Å². The zero-order valence-corrected chi connectivity index (χ0v) is 16.9. The third kappa shape index (κ3) is 5.52. The number of ether oxygens (including phenoxy) is 1. The molecular weight excluding hydrogens is 442 g/mol. The van der Waals surface area contributed by atoms with E-state index in [1.807, 2.05) is 19.1 Å². The quantitative estimate of drug-likeness (QED) is 0.320. The van der Waals surface area contributed by atoms with Gasteiger partial charge in [0.15, 0.2) is 6.61 Å². The van der Waals surface area contributed by atoms with E-state index in [-0.39, 0.29) is 12.3 Å². The van der Waals surface area contributed by atoms with E-state index in [0.29, 0.717) is 22.8 Å². The molecule has 0 unspecified atom stereocenters. The van der Waals surface area contributed by atoms with Gasteiger partial charge in [0.25, 0.3) is 11.6 Å². The Labute approximate surface area is 174 Å². The molecule has 1 N–H and O–H groups in total. The minimum absolute atomic E-state index is 0.00434. The number of benzene rings is 2. The second-order valence-electron chi connectivity index (χ2n) is 6.02. The zero-order valence-electron chi connectivity index (χ0n) is 15.3. The number of nitro groups is 1. The van der Waals surface area contributed by atoms with Crippen molar-refractivity contribution in [2.24, 2.45) is 5.10 Å². The number of hydrogen-bond donors (Lipinski definition) is 1. The molecule has 0 fully saturated rings. The van der Waals surface area contributed by atoms with Crippen LogP contribution in [-0.4, -0.2) is 23.7 Å². The average Bonchev–Trinajstić information content (AvgIpc) is 3.16. The molecule has 148 valence electrons. The van der Waals surface area contributed by atoms with Crippen LogP contribution in [0.2, 0.25) is 0 Å². The molecule has 0 radical (unpaired) electrons. The molecule has 9 heteroatoms. The van der Waals surface area contributed by atoms with Gasteiger partial charge in [-0.3, -0.25) is 14.9 Å². The number of non-ortho nitro benzene ring substituents is 1. The number of hydrazone groups is 1. The van der Waals surface area contributed by atoms with Gasteiger partial charge in [0, 0.05) is 17.7 Å². The number of aryl methyl sites for hydroxylation is 1. The molecule has 0 spiro atoms. The topological polar surface area (TPSA) is 107 Å².